The van der Waals surface area contributed by atoms with Crippen LogP contribution in [0.1, 0.15) is 11.5 Å². The molecular weight excluding hydrogens is 318 g/mol. The molecule has 2 rings (SSSR count). The van der Waals surface area contributed by atoms with E-state index < -0.39 is 28.5 Å². The maximum Gasteiger partial charge on any atom is 0.322 e. The Labute approximate surface area is 136 Å². The Morgan fingerprint density at radius 2 is 1.58 bits per heavy atom. The fourth-order valence-electron chi connectivity index (χ4n) is 2.28. The van der Waals surface area contributed by atoms with Gasteiger partial charge in [-0.05, 0) is 23.3 Å². The number of nitrogens with zero attached hydrogens (tertiary/aromatic N) is 1. The summed E-state index contributed by atoms with van der Waals surface area (Å²) in [5.41, 5.74) is 0.172. The molecule has 24 heavy (non-hydrogen) atoms. The first-order valence-corrected chi connectivity index (χ1v) is 6.73. The van der Waals surface area contributed by atoms with Gasteiger partial charge >= 0.3 is 11.9 Å². The van der Waals surface area contributed by atoms with Crippen LogP contribution in [0, 0.1) is 10.1 Å². The molecule has 8 nitrogen and oxygen atoms in total. The Morgan fingerprint density at radius 3 is 2.04 bits per heavy atom. The lowest BCUT2D eigenvalue weighted by Gasteiger charge is -2.10. The van der Waals surface area contributed by atoms with Gasteiger partial charge in [-0.25, -0.2) is 0 Å². The molecule has 0 aliphatic heterocycles. The van der Waals surface area contributed by atoms with Gasteiger partial charge in [0.1, 0.15) is 5.75 Å². The van der Waals surface area contributed by atoms with Crippen molar-refractivity contribution in [3.8, 4) is 16.9 Å². The van der Waals surface area contributed by atoms with Crippen LogP contribution in [0.3, 0.4) is 0 Å². The number of carboxylic acids is 2. The van der Waals surface area contributed by atoms with Gasteiger partial charge in [-0.2, -0.15) is 0 Å². The standard InChI is InChI=1S/C16H13NO7/c1-24-11-5-2-9(3-6-11)10-4-7-12(13(8-10)17(22)23)14(15(18)19)16(20)21/h2-8,14H,1H3,(H,18,19)(H,20,21). The van der Waals surface area contributed by atoms with Gasteiger partial charge in [-0.3, -0.25) is 19.7 Å². The first-order chi connectivity index (χ1) is 11.3. The van der Waals surface area contributed by atoms with E-state index in [2.05, 4.69) is 0 Å². The maximum absolute atomic E-state index is 11.3. The van der Waals surface area contributed by atoms with E-state index in [9.17, 15) is 19.7 Å². The molecule has 8 heteroatoms. The largest absolute Gasteiger partial charge is 0.497 e. The zero-order valence-corrected chi connectivity index (χ0v) is 12.5. The van der Waals surface area contributed by atoms with Crippen molar-refractivity contribution >= 4 is 17.6 Å². The number of rotatable bonds is 6. The quantitative estimate of drug-likeness (QED) is 0.473. The molecule has 0 saturated heterocycles. The Kier molecular flexibility index (Phi) is 4.78. The molecular formula is C16H13NO7. The molecule has 0 atom stereocenters. The summed E-state index contributed by atoms with van der Waals surface area (Å²) < 4.78 is 5.03. The summed E-state index contributed by atoms with van der Waals surface area (Å²) in [7, 11) is 1.51. The van der Waals surface area contributed by atoms with Crippen LogP contribution in [-0.2, 0) is 9.59 Å². The number of nitro groups is 1. The Hall–Kier alpha value is -3.42. The minimum Gasteiger partial charge on any atom is -0.497 e. The topological polar surface area (TPSA) is 127 Å². The van der Waals surface area contributed by atoms with Crippen molar-refractivity contribution in [2.75, 3.05) is 7.11 Å². The summed E-state index contributed by atoms with van der Waals surface area (Å²) in [6, 6.07) is 10.5. The average Bonchev–Trinajstić information content (AvgIpc) is 2.54. The molecule has 0 aromatic heterocycles. The summed E-state index contributed by atoms with van der Waals surface area (Å²) in [4.78, 5) is 32.7. The van der Waals surface area contributed by atoms with Crippen LogP contribution < -0.4 is 4.74 Å². The highest BCUT2D eigenvalue weighted by molar-refractivity contribution is 6.00. The van der Waals surface area contributed by atoms with E-state index in [0.29, 0.717) is 16.9 Å². The smallest absolute Gasteiger partial charge is 0.322 e. The summed E-state index contributed by atoms with van der Waals surface area (Å²) in [6.07, 6.45) is 0. The van der Waals surface area contributed by atoms with Gasteiger partial charge < -0.3 is 14.9 Å². The molecule has 0 heterocycles. The predicted octanol–water partition coefficient (Wildman–Crippen LogP) is 2.52. The minimum atomic E-state index is -2.00. The second-order valence-electron chi connectivity index (χ2n) is 4.87. The molecule has 0 aliphatic rings. The van der Waals surface area contributed by atoms with Crippen LogP contribution in [0.5, 0.6) is 5.75 Å². The van der Waals surface area contributed by atoms with Crippen LogP contribution in [0.4, 0.5) is 5.69 Å². The Bertz CT molecular complexity index is 785. The highest BCUT2D eigenvalue weighted by Gasteiger charge is 2.34. The van der Waals surface area contributed by atoms with Crippen molar-refractivity contribution in [1.82, 2.24) is 0 Å². The molecule has 0 saturated carbocycles. The van der Waals surface area contributed by atoms with E-state index >= 15 is 0 Å². The lowest BCUT2D eigenvalue weighted by molar-refractivity contribution is -0.385. The van der Waals surface area contributed by atoms with E-state index in [1.807, 2.05) is 0 Å². The summed E-state index contributed by atoms with van der Waals surface area (Å²) in [5, 5.41) is 29.3. The normalized spacial score (nSPS) is 10.4. The van der Waals surface area contributed by atoms with Crippen molar-refractivity contribution < 1.29 is 29.5 Å². The molecule has 0 amide bonds. The van der Waals surface area contributed by atoms with Crippen LogP contribution in [-0.4, -0.2) is 34.2 Å². The van der Waals surface area contributed by atoms with Crippen molar-refractivity contribution in [2.45, 2.75) is 5.92 Å². The highest BCUT2D eigenvalue weighted by Crippen LogP contribution is 2.32. The monoisotopic (exact) mass is 331 g/mol. The molecule has 0 aliphatic carbocycles. The molecule has 0 fully saturated rings. The number of hydrogen-bond acceptors (Lipinski definition) is 5. The van der Waals surface area contributed by atoms with E-state index in [1.165, 1.54) is 13.2 Å². The number of aliphatic carboxylic acids is 2. The van der Waals surface area contributed by atoms with Gasteiger partial charge in [0.25, 0.3) is 5.69 Å². The van der Waals surface area contributed by atoms with Crippen LogP contribution >= 0.6 is 0 Å². The highest BCUT2D eigenvalue weighted by atomic mass is 16.6. The Balaban J connectivity index is 2.55. The van der Waals surface area contributed by atoms with Crippen molar-refractivity contribution in [2.24, 2.45) is 0 Å². The number of carbonyl (C=O) groups is 2. The van der Waals surface area contributed by atoms with Crippen molar-refractivity contribution in [3.05, 3.63) is 58.1 Å². The van der Waals surface area contributed by atoms with Gasteiger partial charge in [0.05, 0.1) is 17.6 Å². The molecule has 2 aromatic rings. The SMILES string of the molecule is COc1ccc(-c2ccc(C(C(=O)O)C(=O)O)c([N+](=O)[O-])c2)cc1. The number of benzene rings is 2. The van der Waals surface area contributed by atoms with Gasteiger partial charge in [0.2, 0.25) is 0 Å². The molecule has 2 N–H and O–H groups in total. The molecule has 0 unspecified atom stereocenters. The van der Waals surface area contributed by atoms with Gasteiger partial charge in [0.15, 0.2) is 5.92 Å². The molecule has 2 aromatic carbocycles. The number of hydrogen-bond donors (Lipinski definition) is 2. The van der Waals surface area contributed by atoms with Crippen LogP contribution in [0.2, 0.25) is 0 Å². The van der Waals surface area contributed by atoms with Gasteiger partial charge in [0, 0.05) is 6.07 Å². The zero-order chi connectivity index (χ0) is 17.9. The number of carboxylic acid groups (broad SMARTS) is 2. The summed E-state index contributed by atoms with van der Waals surface area (Å²) in [6.45, 7) is 0. The van der Waals surface area contributed by atoms with Gasteiger partial charge in [-0.1, -0.05) is 24.3 Å². The predicted molar refractivity (Wildman–Crippen MR) is 83.1 cm³/mol. The molecule has 124 valence electrons. The average molecular weight is 331 g/mol. The van der Waals surface area contributed by atoms with Crippen molar-refractivity contribution in [3.63, 3.8) is 0 Å². The van der Waals surface area contributed by atoms with E-state index in [4.69, 9.17) is 14.9 Å². The lowest BCUT2D eigenvalue weighted by Crippen LogP contribution is -2.22. The first kappa shape index (κ1) is 16.9. The second-order valence-corrected chi connectivity index (χ2v) is 4.87. The second kappa shape index (κ2) is 6.78. The first-order valence-electron chi connectivity index (χ1n) is 6.73. The van der Waals surface area contributed by atoms with E-state index in [0.717, 1.165) is 12.1 Å². The van der Waals surface area contributed by atoms with Crippen molar-refractivity contribution in [1.29, 1.82) is 0 Å². The molecule has 0 spiro atoms. The number of nitro benzene ring substituents is 1. The minimum absolute atomic E-state index is 0.378. The Morgan fingerprint density at radius 1 is 1.04 bits per heavy atom. The van der Waals surface area contributed by atoms with E-state index in [-0.39, 0.29) is 5.56 Å². The fraction of sp³-hybridized carbons (Fsp3) is 0.125. The maximum atomic E-state index is 11.3. The van der Waals surface area contributed by atoms with E-state index in [1.54, 1.807) is 24.3 Å². The van der Waals surface area contributed by atoms with Crippen LogP contribution in [0.25, 0.3) is 11.1 Å². The molecule has 0 bridgehead atoms. The third-order valence-corrected chi connectivity index (χ3v) is 3.46. The summed E-state index contributed by atoms with van der Waals surface area (Å²) in [5.74, 6) is -4.72. The fourth-order valence-corrected chi connectivity index (χ4v) is 2.28. The third kappa shape index (κ3) is 3.32. The van der Waals surface area contributed by atoms with Crippen LogP contribution in [0.15, 0.2) is 42.5 Å². The zero-order valence-electron chi connectivity index (χ0n) is 12.5. The molecule has 0 radical (unpaired) electrons. The number of methoxy groups -OCH3 is 1. The number of ether oxygens (including phenoxy) is 1. The van der Waals surface area contributed by atoms with Gasteiger partial charge in [-0.15, -0.1) is 0 Å². The lowest BCUT2D eigenvalue weighted by atomic mass is 9.94. The third-order valence-electron chi connectivity index (χ3n) is 3.46. The summed E-state index contributed by atoms with van der Waals surface area (Å²) >= 11 is 0.